The number of amides is 1. The Hall–Kier alpha value is -1.54. The van der Waals surface area contributed by atoms with Gasteiger partial charge in [0.2, 0.25) is 0 Å². The van der Waals surface area contributed by atoms with Gasteiger partial charge in [0.25, 0.3) is 0 Å². The molecule has 2 fully saturated rings. The quantitative estimate of drug-likeness (QED) is 0.836. The molecule has 23 heavy (non-hydrogen) atoms. The molecule has 1 amide bonds. The minimum absolute atomic E-state index is 0.141. The summed E-state index contributed by atoms with van der Waals surface area (Å²) in [7, 11) is -0.555. The normalized spacial score (nSPS) is 24.2. The van der Waals surface area contributed by atoms with E-state index in [0.29, 0.717) is 24.6 Å². The smallest absolute Gasteiger partial charge is 0.465 e. The van der Waals surface area contributed by atoms with Gasteiger partial charge in [0.15, 0.2) is 11.6 Å². The van der Waals surface area contributed by atoms with Crippen LogP contribution in [0.2, 0.25) is 0 Å². The summed E-state index contributed by atoms with van der Waals surface area (Å²) in [5, 5.41) is 8.99. The van der Waals surface area contributed by atoms with Crippen molar-refractivity contribution in [2.24, 2.45) is 0 Å². The van der Waals surface area contributed by atoms with Gasteiger partial charge in [0.05, 0.1) is 17.4 Å². The topological polar surface area (TPSA) is 85.0 Å². The lowest BCUT2D eigenvalue weighted by molar-refractivity contribution is 0.00578. The number of nitrogens with zero attached hydrogens (tertiary/aromatic N) is 2. The number of rotatable bonds is 2. The summed E-state index contributed by atoms with van der Waals surface area (Å²) in [5.41, 5.74) is -0.270. The third kappa shape index (κ3) is 2.97. The van der Waals surface area contributed by atoms with Gasteiger partial charge >= 0.3 is 13.2 Å². The molecule has 3 rings (SSSR count). The first kappa shape index (κ1) is 16.3. The number of hydrogen-bond acceptors (Lipinski definition) is 5. The lowest BCUT2D eigenvalue weighted by Crippen LogP contribution is -2.41. The molecule has 0 radical (unpaired) electrons. The summed E-state index contributed by atoms with van der Waals surface area (Å²) in [5.74, 6) is 0.779. The molecular formula is C15H23BN2O5. The van der Waals surface area contributed by atoms with Crippen LogP contribution in [0.25, 0.3) is 0 Å². The van der Waals surface area contributed by atoms with Gasteiger partial charge in [-0.3, -0.25) is 0 Å². The van der Waals surface area contributed by atoms with Gasteiger partial charge in [0, 0.05) is 19.0 Å². The molecule has 3 heterocycles. The van der Waals surface area contributed by atoms with E-state index in [4.69, 9.17) is 18.8 Å². The van der Waals surface area contributed by atoms with E-state index in [0.717, 1.165) is 12.8 Å². The maximum Gasteiger partial charge on any atom is 0.534 e. The Balaban J connectivity index is 1.67. The Morgan fingerprint density at radius 1 is 1.26 bits per heavy atom. The second-order valence-electron chi connectivity index (χ2n) is 7.23. The van der Waals surface area contributed by atoms with Gasteiger partial charge in [-0.25, -0.2) is 9.78 Å². The molecule has 0 spiro atoms. The van der Waals surface area contributed by atoms with E-state index in [9.17, 15) is 4.79 Å². The van der Waals surface area contributed by atoms with E-state index in [1.807, 2.05) is 27.7 Å². The van der Waals surface area contributed by atoms with Crippen molar-refractivity contribution < 1.29 is 23.6 Å². The highest BCUT2D eigenvalue weighted by atomic mass is 16.7. The number of hydrogen-bond donors (Lipinski definition) is 1. The summed E-state index contributed by atoms with van der Waals surface area (Å²) in [6, 6.07) is 0. The molecule has 126 valence electrons. The molecule has 2 aliphatic rings. The molecule has 8 heteroatoms. The first-order valence-electron chi connectivity index (χ1n) is 7.99. The summed E-state index contributed by atoms with van der Waals surface area (Å²) in [4.78, 5) is 16.7. The van der Waals surface area contributed by atoms with Crippen LogP contribution in [0.5, 0.6) is 0 Å². The zero-order valence-electron chi connectivity index (χ0n) is 14.0. The van der Waals surface area contributed by atoms with Gasteiger partial charge in [-0.05, 0) is 40.5 Å². The highest BCUT2D eigenvalue weighted by molar-refractivity contribution is 6.60. The summed E-state index contributed by atoms with van der Waals surface area (Å²) in [6.45, 7) is 8.98. The third-order valence-corrected chi connectivity index (χ3v) is 5.14. The molecule has 0 aromatic carbocycles. The first-order chi connectivity index (χ1) is 10.7. The van der Waals surface area contributed by atoms with Crippen molar-refractivity contribution >= 4 is 18.9 Å². The number of carbonyl (C=O) groups is 1. The minimum atomic E-state index is -0.867. The first-order valence-corrected chi connectivity index (χ1v) is 7.99. The number of likely N-dealkylation sites (tertiary alicyclic amines) is 1. The third-order valence-electron chi connectivity index (χ3n) is 5.14. The van der Waals surface area contributed by atoms with Crippen LogP contribution >= 0.6 is 0 Å². The fourth-order valence-corrected chi connectivity index (χ4v) is 2.88. The molecule has 0 bridgehead atoms. The lowest BCUT2D eigenvalue weighted by Gasteiger charge is -2.32. The van der Waals surface area contributed by atoms with Gasteiger partial charge in [0.1, 0.15) is 0 Å². The number of aromatic nitrogens is 1. The Morgan fingerprint density at radius 2 is 1.83 bits per heavy atom. The molecular weight excluding hydrogens is 299 g/mol. The van der Waals surface area contributed by atoms with Crippen molar-refractivity contribution in [1.29, 1.82) is 0 Å². The zero-order chi connectivity index (χ0) is 16.8. The second kappa shape index (κ2) is 5.52. The molecule has 0 unspecified atom stereocenters. The average molecular weight is 322 g/mol. The predicted molar refractivity (Wildman–Crippen MR) is 83.8 cm³/mol. The van der Waals surface area contributed by atoms with Crippen LogP contribution in [0.4, 0.5) is 4.79 Å². The van der Waals surface area contributed by atoms with Crippen LogP contribution in [-0.4, -0.2) is 52.5 Å². The Morgan fingerprint density at radius 3 is 2.35 bits per heavy atom. The van der Waals surface area contributed by atoms with E-state index in [1.165, 1.54) is 4.90 Å². The Kier molecular flexibility index (Phi) is 3.92. The van der Waals surface area contributed by atoms with E-state index in [2.05, 4.69) is 4.98 Å². The predicted octanol–water partition coefficient (Wildman–Crippen LogP) is 1.83. The van der Waals surface area contributed by atoms with E-state index in [-0.39, 0.29) is 5.92 Å². The summed E-state index contributed by atoms with van der Waals surface area (Å²) >= 11 is 0. The van der Waals surface area contributed by atoms with Crippen molar-refractivity contribution in [1.82, 2.24) is 9.88 Å². The average Bonchev–Trinajstić information content (AvgIpc) is 3.02. The standard InChI is InChI=1S/C15H23BN2O5/c1-14(2)15(3,4)23-16(22-14)11-9-17-12(21-11)10-5-7-18(8-6-10)13(19)20/h9-10H,5-8H2,1-4H3,(H,19,20). The van der Waals surface area contributed by atoms with Gasteiger partial charge in [-0.2, -0.15) is 0 Å². The maximum atomic E-state index is 11.0. The van der Waals surface area contributed by atoms with Gasteiger partial charge in [-0.15, -0.1) is 0 Å². The monoisotopic (exact) mass is 322 g/mol. The number of oxazole rings is 1. The number of carboxylic acid groups (broad SMARTS) is 1. The maximum absolute atomic E-state index is 11.0. The van der Waals surface area contributed by atoms with Crippen molar-refractivity contribution in [3.63, 3.8) is 0 Å². The fourth-order valence-electron chi connectivity index (χ4n) is 2.88. The molecule has 7 nitrogen and oxygen atoms in total. The zero-order valence-corrected chi connectivity index (χ0v) is 14.0. The van der Waals surface area contributed by atoms with Crippen LogP contribution in [0.15, 0.2) is 10.6 Å². The fraction of sp³-hybridized carbons (Fsp3) is 0.733. The Bertz CT molecular complexity index is 576. The van der Waals surface area contributed by atoms with Gasteiger partial charge in [-0.1, -0.05) is 0 Å². The summed E-state index contributed by atoms with van der Waals surface area (Å²) in [6.07, 6.45) is 2.22. The van der Waals surface area contributed by atoms with Crippen molar-refractivity contribution in [3.8, 4) is 0 Å². The molecule has 2 saturated heterocycles. The number of piperidine rings is 1. The highest BCUT2D eigenvalue weighted by Crippen LogP contribution is 2.36. The molecule has 1 N–H and O–H groups in total. The van der Waals surface area contributed by atoms with Crippen LogP contribution in [0.3, 0.4) is 0 Å². The molecule has 0 aliphatic carbocycles. The van der Waals surface area contributed by atoms with Crippen molar-refractivity contribution in [2.45, 2.75) is 57.7 Å². The van der Waals surface area contributed by atoms with Crippen molar-refractivity contribution in [3.05, 3.63) is 12.1 Å². The summed E-state index contributed by atoms with van der Waals surface area (Å²) < 4.78 is 17.8. The molecule has 0 saturated carbocycles. The largest absolute Gasteiger partial charge is 0.534 e. The highest BCUT2D eigenvalue weighted by Gasteiger charge is 2.53. The van der Waals surface area contributed by atoms with Crippen LogP contribution in [0.1, 0.15) is 52.3 Å². The van der Waals surface area contributed by atoms with Crippen LogP contribution in [0, 0.1) is 0 Å². The lowest BCUT2D eigenvalue weighted by atomic mass is 9.87. The van der Waals surface area contributed by atoms with E-state index >= 15 is 0 Å². The van der Waals surface area contributed by atoms with Crippen molar-refractivity contribution in [2.75, 3.05) is 13.1 Å². The van der Waals surface area contributed by atoms with Crippen LogP contribution < -0.4 is 5.66 Å². The van der Waals surface area contributed by atoms with E-state index < -0.39 is 24.4 Å². The Labute approximate surface area is 136 Å². The minimum Gasteiger partial charge on any atom is -0.465 e. The SMILES string of the molecule is CC1(C)OB(c2cnc(C3CCN(C(=O)O)CC3)o2)OC1(C)C. The second-order valence-corrected chi connectivity index (χ2v) is 7.23. The van der Waals surface area contributed by atoms with Gasteiger partial charge < -0.3 is 23.7 Å². The molecule has 1 aromatic heterocycles. The van der Waals surface area contributed by atoms with E-state index in [1.54, 1.807) is 6.20 Å². The van der Waals surface area contributed by atoms with Crippen LogP contribution in [-0.2, 0) is 9.31 Å². The molecule has 0 atom stereocenters. The molecule has 1 aromatic rings. The molecule has 2 aliphatic heterocycles.